The topological polar surface area (TPSA) is 64.3 Å². The van der Waals surface area contributed by atoms with Crippen LogP contribution in [-0.2, 0) is 9.53 Å². The number of carbonyl (C=O) groups excluding carboxylic acids is 1. The van der Waals surface area contributed by atoms with Crippen molar-refractivity contribution in [2.24, 2.45) is 11.7 Å². The van der Waals surface area contributed by atoms with E-state index in [1.807, 2.05) is 0 Å². The molecule has 0 aromatic heterocycles. The van der Waals surface area contributed by atoms with E-state index in [0.29, 0.717) is 12.5 Å². The molecular formula is C15H30N2O2. The first kappa shape index (κ1) is 16.4. The highest BCUT2D eigenvalue weighted by Gasteiger charge is 2.49. The van der Waals surface area contributed by atoms with E-state index in [4.69, 9.17) is 10.5 Å². The Balaban J connectivity index is 2.38. The van der Waals surface area contributed by atoms with Crippen molar-refractivity contribution in [2.75, 3.05) is 19.8 Å². The Bertz CT molecular complexity index is 267. The minimum Gasteiger partial charge on any atom is -0.379 e. The Morgan fingerprint density at radius 1 is 1.26 bits per heavy atom. The van der Waals surface area contributed by atoms with Crippen LogP contribution >= 0.6 is 0 Å². The molecule has 112 valence electrons. The maximum absolute atomic E-state index is 11.9. The summed E-state index contributed by atoms with van der Waals surface area (Å²) in [6.45, 7) is 6.27. The second-order valence-electron chi connectivity index (χ2n) is 5.65. The SMILES string of the molecule is CCCCCCOCC(NCCC)(C(N)=O)C1CC1. The van der Waals surface area contributed by atoms with Gasteiger partial charge in [0.05, 0.1) is 6.61 Å². The van der Waals surface area contributed by atoms with E-state index in [9.17, 15) is 4.79 Å². The van der Waals surface area contributed by atoms with Gasteiger partial charge >= 0.3 is 0 Å². The standard InChI is InChI=1S/C15H30N2O2/c1-3-5-6-7-11-19-12-15(14(16)18,13-8-9-13)17-10-4-2/h13,17H,3-12H2,1-2H3,(H2,16,18). The number of nitrogens with two attached hydrogens (primary N) is 1. The van der Waals surface area contributed by atoms with E-state index in [-0.39, 0.29) is 5.91 Å². The van der Waals surface area contributed by atoms with Crippen molar-refractivity contribution in [3.63, 3.8) is 0 Å². The van der Waals surface area contributed by atoms with Crippen LogP contribution in [0.25, 0.3) is 0 Å². The third-order valence-electron chi connectivity index (χ3n) is 3.88. The lowest BCUT2D eigenvalue weighted by molar-refractivity contribution is -0.128. The molecule has 1 unspecified atom stereocenters. The summed E-state index contributed by atoms with van der Waals surface area (Å²) >= 11 is 0. The Labute approximate surface area is 117 Å². The zero-order valence-corrected chi connectivity index (χ0v) is 12.5. The highest BCUT2D eigenvalue weighted by molar-refractivity contribution is 5.85. The Morgan fingerprint density at radius 2 is 2.00 bits per heavy atom. The summed E-state index contributed by atoms with van der Waals surface area (Å²) in [6.07, 6.45) is 7.91. The van der Waals surface area contributed by atoms with E-state index in [0.717, 1.165) is 38.8 Å². The average molecular weight is 270 g/mol. The van der Waals surface area contributed by atoms with Gasteiger partial charge in [-0.15, -0.1) is 0 Å². The lowest BCUT2D eigenvalue weighted by Gasteiger charge is -2.31. The second kappa shape index (κ2) is 8.54. The molecule has 0 radical (unpaired) electrons. The van der Waals surface area contributed by atoms with E-state index in [1.54, 1.807) is 0 Å². The van der Waals surface area contributed by atoms with Crippen LogP contribution in [0.15, 0.2) is 0 Å². The van der Waals surface area contributed by atoms with Gasteiger partial charge in [0.1, 0.15) is 5.54 Å². The quantitative estimate of drug-likeness (QED) is 0.534. The molecule has 0 aromatic carbocycles. The molecule has 0 spiro atoms. The molecule has 3 N–H and O–H groups in total. The predicted octanol–water partition coefficient (Wildman–Crippen LogP) is 2.22. The number of hydrogen-bond acceptors (Lipinski definition) is 3. The van der Waals surface area contributed by atoms with Crippen molar-refractivity contribution in [1.82, 2.24) is 5.32 Å². The molecule has 0 saturated heterocycles. The first-order chi connectivity index (χ1) is 9.17. The fourth-order valence-corrected chi connectivity index (χ4v) is 2.46. The highest BCUT2D eigenvalue weighted by Crippen LogP contribution is 2.40. The van der Waals surface area contributed by atoms with Crippen LogP contribution in [-0.4, -0.2) is 31.2 Å². The average Bonchev–Trinajstić information content (AvgIpc) is 3.21. The lowest BCUT2D eigenvalue weighted by atomic mass is 9.93. The lowest BCUT2D eigenvalue weighted by Crippen LogP contribution is -2.60. The molecule has 1 aliphatic carbocycles. The number of carbonyl (C=O) groups is 1. The molecule has 0 bridgehead atoms. The third kappa shape index (κ3) is 5.11. The van der Waals surface area contributed by atoms with Crippen LogP contribution in [0.5, 0.6) is 0 Å². The van der Waals surface area contributed by atoms with Gasteiger partial charge < -0.3 is 15.8 Å². The zero-order chi connectivity index (χ0) is 14.1. The molecule has 0 aliphatic heterocycles. The highest BCUT2D eigenvalue weighted by atomic mass is 16.5. The normalized spacial score (nSPS) is 18.2. The summed E-state index contributed by atoms with van der Waals surface area (Å²) < 4.78 is 5.74. The molecule has 19 heavy (non-hydrogen) atoms. The largest absolute Gasteiger partial charge is 0.379 e. The van der Waals surface area contributed by atoms with E-state index < -0.39 is 5.54 Å². The van der Waals surface area contributed by atoms with Crippen molar-refractivity contribution in [1.29, 1.82) is 0 Å². The molecule has 4 heteroatoms. The van der Waals surface area contributed by atoms with Gasteiger partial charge in [-0.2, -0.15) is 0 Å². The number of rotatable bonds is 12. The first-order valence-electron chi connectivity index (χ1n) is 7.80. The molecule has 0 aromatic rings. The summed E-state index contributed by atoms with van der Waals surface area (Å²) in [5, 5.41) is 3.35. The monoisotopic (exact) mass is 270 g/mol. The van der Waals surface area contributed by atoms with Crippen LogP contribution in [0.4, 0.5) is 0 Å². The Kier molecular flexibility index (Phi) is 7.39. The van der Waals surface area contributed by atoms with Gasteiger partial charge in [-0.05, 0) is 38.1 Å². The molecule has 1 rings (SSSR count). The molecule has 1 saturated carbocycles. The number of primary amides is 1. The van der Waals surface area contributed by atoms with Gasteiger partial charge in [-0.1, -0.05) is 33.1 Å². The fraction of sp³-hybridized carbons (Fsp3) is 0.933. The maximum atomic E-state index is 11.9. The number of amides is 1. The molecule has 4 nitrogen and oxygen atoms in total. The van der Waals surface area contributed by atoms with Crippen molar-refractivity contribution >= 4 is 5.91 Å². The van der Waals surface area contributed by atoms with Crippen LogP contribution in [0, 0.1) is 5.92 Å². The molecule has 1 aliphatic rings. The van der Waals surface area contributed by atoms with Crippen molar-refractivity contribution in [2.45, 2.75) is 64.3 Å². The number of hydrogen-bond donors (Lipinski definition) is 2. The molecule has 1 fully saturated rings. The summed E-state index contributed by atoms with van der Waals surface area (Å²) in [6, 6.07) is 0. The van der Waals surface area contributed by atoms with Gasteiger partial charge in [0.2, 0.25) is 5.91 Å². The Hall–Kier alpha value is -0.610. The number of ether oxygens (including phenoxy) is 1. The summed E-state index contributed by atoms with van der Waals surface area (Å²) in [5.41, 5.74) is 5.01. The van der Waals surface area contributed by atoms with Gasteiger partial charge in [0.25, 0.3) is 0 Å². The minimum atomic E-state index is -0.624. The van der Waals surface area contributed by atoms with E-state index in [2.05, 4.69) is 19.2 Å². The van der Waals surface area contributed by atoms with Crippen molar-refractivity contribution < 1.29 is 9.53 Å². The zero-order valence-electron chi connectivity index (χ0n) is 12.5. The van der Waals surface area contributed by atoms with E-state index in [1.165, 1.54) is 19.3 Å². The van der Waals surface area contributed by atoms with Gasteiger partial charge in [-0.25, -0.2) is 0 Å². The number of unbranched alkanes of at least 4 members (excludes halogenated alkanes) is 3. The van der Waals surface area contributed by atoms with E-state index >= 15 is 0 Å². The summed E-state index contributed by atoms with van der Waals surface area (Å²) in [7, 11) is 0. The minimum absolute atomic E-state index is 0.253. The van der Waals surface area contributed by atoms with Gasteiger partial charge in [0, 0.05) is 6.61 Å². The summed E-state index contributed by atoms with van der Waals surface area (Å²) in [4.78, 5) is 11.9. The number of nitrogens with one attached hydrogen (secondary N) is 1. The van der Waals surface area contributed by atoms with Crippen LogP contribution < -0.4 is 11.1 Å². The fourth-order valence-electron chi connectivity index (χ4n) is 2.46. The molecule has 1 atom stereocenters. The first-order valence-corrected chi connectivity index (χ1v) is 7.80. The van der Waals surface area contributed by atoms with Crippen molar-refractivity contribution in [3.8, 4) is 0 Å². The smallest absolute Gasteiger partial charge is 0.240 e. The van der Waals surface area contributed by atoms with Crippen molar-refractivity contribution in [3.05, 3.63) is 0 Å². The second-order valence-corrected chi connectivity index (χ2v) is 5.65. The molecular weight excluding hydrogens is 240 g/mol. The van der Waals surface area contributed by atoms with Crippen LogP contribution in [0.2, 0.25) is 0 Å². The Morgan fingerprint density at radius 3 is 2.53 bits per heavy atom. The van der Waals surface area contributed by atoms with Gasteiger partial charge in [-0.3, -0.25) is 4.79 Å². The van der Waals surface area contributed by atoms with Crippen LogP contribution in [0.1, 0.15) is 58.8 Å². The predicted molar refractivity (Wildman–Crippen MR) is 77.9 cm³/mol. The third-order valence-corrected chi connectivity index (χ3v) is 3.88. The molecule has 1 amide bonds. The maximum Gasteiger partial charge on any atom is 0.240 e. The van der Waals surface area contributed by atoms with Crippen LogP contribution in [0.3, 0.4) is 0 Å². The van der Waals surface area contributed by atoms with Gasteiger partial charge in [0.15, 0.2) is 0 Å². The summed E-state index contributed by atoms with van der Waals surface area (Å²) in [5.74, 6) is 0.115. The molecule has 0 heterocycles.